The fraction of sp³-hybridized carbons (Fsp3) is 0.625. The van der Waals surface area contributed by atoms with E-state index in [0.717, 1.165) is 31.7 Å². The first-order valence-corrected chi connectivity index (χ1v) is 4.25. The van der Waals surface area contributed by atoms with Crippen molar-refractivity contribution in [3.63, 3.8) is 0 Å². The normalized spacial score (nSPS) is 24.2. The average molecular weight is 168 g/mol. The maximum atomic E-state index is 10.8. The molecule has 2 N–H and O–H groups in total. The van der Waals surface area contributed by atoms with Crippen molar-refractivity contribution in [1.82, 2.24) is 10.5 Å². The molecule has 2 heterocycles. The van der Waals surface area contributed by atoms with Gasteiger partial charge in [0, 0.05) is 18.5 Å². The number of hydrogen-bond acceptors (Lipinski definition) is 3. The Balaban J connectivity index is 2.13. The van der Waals surface area contributed by atoms with Crippen molar-refractivity contribution in [3.8, 4) is 0 Å². The maximum absolute atomic E-state index is 10.8. The van der Waals surface area contributed by atoms with Gasteiger partial charge in [0.25, 0.3) is 5.56 Å². The van der Waals surface area contributed by atoms with Gasteiger partial charge in [-0.15, -0.1) is 0 Å². The molecule has 0 bridgehead atoms. The second-order valence-corrected chi connectivity index (χ2v) is 3.16. The second-order valence-electron chi connectivity index (χ2n) is 3.16. The van der Waals surface area contributed by atoms with Crippen LogP contribution in [0.15, 0.2) is 15.4 Å². The highest BCUT2D eigenvalue weighted by Crippen LogP contribution is 2.20. The topological polar surface area (TPSA) is 58.0 Å². The summed E-state index contributed by atoms with van der Waals surface area (Å²) in [5.41, 5.74) is -0.143. The fourth-order valence-electron chi connectivity index (χ4n) is 1.59. The van der Waals surface area contributed by atoms with E-state index >= 15 is 0 Å². The summed E-state index contributed by atoms with van der Waals surface area (Å²) in [6.45, 7) is 1.99. The molecule has 0 unspecified atom stereocenters. The van der Waals surface area contributed by atoms with Crippen LogP contribution in [-0.4, -0.2) is 18.2 Å². The predicted molar refractivity (Wildman–Crippen MR) is 44.2 cm³/mol. The smallest absolute Gasteiger partial charge is 0.280 e. The molecule has 66 valence electrons. The molecule has 0 saturated carbocycles. The lowest BCUT2D eigenvalue weighted by atomic mass is 9.97. The summed E-state index contributed by atoms with van der Waals surface area (Å²) in [7, 11) is 0. The Morgan fingerprint density at radius 3 is 3.08 bits per heavy atom. The molecule has 0 aromatic carbocycles. The van der Waals surface area contributed by atoms with Crippen LogP contribution in [0, 0.1) is 0 Å². The van der Waals surface area contributed by atoms with Gasteiger partial charge in [0.05, 0.1) is 0 Å². The van der Waals surface area contributed by atoms with Crippen LogP contribution in [0.5, 0.6) is 0 Å². The van der Waals surface area contributed by atoms with Gasteiger partial charge in [-0.3, -0.25) is 4.79 Å². The number of nitrogens with one attached hydrogen (secondary N) is 2. The molecule has 1 saturated heterocycles. The summed E-state index contributed by atoms with van der Waals surface area (Å²) < 4.78 is 5.03. The first-order valence-electron chi connectivity index (χ1n) is 4.25. The summed E-state index contributed by atoms with van der Waals surface area (Å²) in [5, 5.41) is 5.57. The summed E-state index contributed by atoms with van der Waals surface area (Å²) in [6, 6.07) is 1.54. The highest BCUT2D eigenvalue weighted by atomic mass is 16.5. The number of aromatic nitrogens is 1. The Kier molecular flexibility index (Phi) is 1.99. The lowest BCUT2D eigenvalue weighted by Crippen LogP contribution is -2.28. The quantitative estimate of drug-likeness (QED) is 0.639. The lowest BCUT2D eigenvalue weighted by Gasteiger charge is -2.19. The van der Waals surface area contributed by atoms with Gasteiger partial charge in [0.15, 0.2) is 0 Å². The van der Waals surface area contributed by atoms with Crippen LogP contribution in [0.2, 0.25) is 0 Å². The van der Waals surface area contributed by atoms with Gasteiger partial charge in [-0.1, -0.05) is 0 Å². The first-order chi connectivity index (χ1) is 5.86. The molecule has 1 aliphatic heterocycles. The van der Waals surface area contributed by atoms with E-state index in [1.165, 1.54) is 6.07 Å². The Morgan fingerprint density at radius 2 is 2.50 bits per heavy atom. The standard InChI is InChI=1S/C8H12N2O2/c11-8-4-7(12-10-8)6-2-1-3-9-5-6/h4,6,9H,1-3,5H2,(H,10,11)/t6-/m0/s1. The summed E-state index contributed by atoms with van der Waals surface area (Å²) >= 11 is 0. The molecule has 1 atom stereocenters. The van der Waals surface area contributed by atoms with Gasteiger partial charge in [0.2, 0.25) is 0 Å². The molecule has 0 spiro atoms. The summed E-state index contributed by atoms with van der Waals surface area (Å²) in [6.07, 6.45) is 2.26. The Hall–Kier alpha value is -1.03. The molecule has 12 heavy (non-hydrogen) atoms. The maximum Gasteiger partial charge on any atom is 0.280 e. The van der Waals surface area contributed by atoms with Gasteiger partial charge in [-0.2, -0.15) is 5.16 Å². The number of rotatable bonds is 1. The minimum atomic E-state index is -0.143. The third-order valence-corrected chi connectivity index (χ3v) is 2.24. The van der Waals surface area contributed by atoms with E-state index < -0.39 is 0 Å². The number of aromatic amines is 1. The van der Waals surface area contributed by atoms with Gasteiger partial charge in [-0.05, 0) is 19.4 Å². The second kappa shape index (κ2) is 3.15. The van der Waals surface area contributed by atoms with Crippen molar-refractivity contribution in [2.24, 2.45) is 0 Å². The van der Waals surface area contributed by atoms with Crippen LogP contribution in [0.4, 0.5) is 0 Å². The largest absolute Gasteiger partial charge is 0.383 e. The zero-order chi connectivity index (χ0) is 8.39. The van der Waals surface area contributed by atoms with E-state index in [-0.39, 0.29) is 5.56 Å². The van der Waals surface area contributed by atoms with Gasteiger partial charge < -0.3 is 9.84 Å². The van der Waals surface area contributed by atoms with Crippen LogP contribution in [0.3, 0.4) is 0 Å². The zero-order valence-corrected chi connectivity index (χ0v) is 6.80. The van der Waals surface area contributed by atoms with E-state index in [9.17, 15) is 4.79 Å². The third-order valence-electron chi connectivity index (χ3n) is 2.24. The van der Waals surface area contributed by atoms with E-state index in [1.807, 2.05) is 0 Å². The molecule has 2 rings (SSSR count). The van der Waals surface area contributed by atoms with Crippen LogP contribution in [-0.2, 0) is 0 Å². The number of H-pyrrole nitrogens is 1. The summed E-state index contributed by atoms with van der Waals surface area (Å²) in [4.78, 5) is 10.8. The van der Waals surface area contributed by atoms with Crippen molar-refractivity contribution in [1.29, 1.82) is 0 Å². The van der Waals surface area contributed by atoms with Crippen LogP contribution in [0.25, 0.3) is 0 Å². The van der Waals surface area contributed by atoms with Crippen LogP contribution in [0.1, 0.15) is 24.5 Å². The molecule has 4 heteroatoms. The third kappa shape index (κ3) is 1.43. The van der Waals surface area contributed by atoms with Gasteiger partial charge in [0.1, 0.15) is 5.76 Å². The fourth-order valence-corrected chi connectivity index (χ4v) is 1.59. The molecular weight excluding hydrogens is 156 g/mol. The van der Waals surface area contributed by atoms with Crippen molar-refractivity contribution >= 4 is 0 Å². The van der Waals surface area contributed by atoms with Gasteiger partial charge in [-0.25, -0.2) is 0 Å². The van der Waals surface area contributed by atoms with Crippen molar-refractivity contribution in [3.05, 3.63) is 22.2 Å². The molecule has 1 aromatic rings. The minimum Gasteiger partial charge on any atom is -0.383 e. The zero-order valence-electron chi connectivity index (χ0n) is 6.80. The Morgan fingerprint density at radius 1 is 1.58 bits per heavy atom. The first kappa shape index (κ1) is 7.61. The molecule has 1 aromatic heterocycles. The van der Waals surface area contributed by atoms with E-state index in [4.69, 9.17) is 4.52 Å². The Bertz CT molecular complexity index is 296. The molecule has 0 radical (unpaired) electrons. The molecular formula is C8H12N2O2. The minimum absolute atomic E-state index is 0.143. The Labute approximate surface area is 69.9 Å². The van der Waals surface area contributed by atoms with Crippen LogP contribution < -0.4 is 10.9 Å². The SMILES string of the molecule is O=c1cc([C@H]2CCCNC2)o[nH]1. The van der Waals surface area contributed by atoms with E-state index in [1.54, 1.807) is 0 Å². The lowest BCUT2D eigenvalue weighted by molar-refractivity contribution is 0.327. The molecule has 0 amide bonds. The van der Waals surface area contributed by atoms with Crippen LogP contribution >= 0.6 is 0 Å². The molecule has 0 aliphatic carbocycles. The van der Waals surface area contributed by atoms with Gasteiger partial charge >= 0.3 is 0 Å². The highest BCUT2D eigenvalue weighted by Gasteiger charge is 2.18. The predicted octanol–water partition coefficient (Wildman–Crippen LogP) is 0.435. The molecule has 1 fully saturated rings. The van der Waals surface area contributed by atoms with E-state index in [2.05, 4.69) is 10.5 Å². The highest BCUT2D eigenvalue weighted by molar-refractivity contribution is 5.03. The monoisotopic (exact) mass is 168 g/mol. The average Bonchev–Trinajstić information content (AvgIpc) is 2.54. The number of hydrogen-bond donors (Lipinski definition) is 2. The van der Waals surface area contributed by atoms with E-state index in [0.29, 0.717) is 5.92 Å². The molecule has 1 aliphatic rings. The summed E-state index contributed by atoms with van der Waals surface area (Å²) in [5.74, 6) is 1.16. The number of piperidine rings is 1. The van der Waals surface area contributed by atoms with Crippen molar-refractivity contribution < 1.29 is 4.52 Å². The van der Waals surface area contributed by atoms with Crippen molar-refractivity contribution in [2.75, 3.05) is 13.1 Å². The van der Waals surface area contributed by atoms with Crippen molar-refractivity contribution in [2.45, 2.75) is 18.8 Å². The molecule has 4 nitrogen and oxygen atoms in total.